The number of ether oxygens (including phenoxy) is 2. The van der Waals surface area contributed by atoms with Crippen LogP contribution in [0.25, 0.3) is 0 Å². The normalized spacial score (nSPS) is 16.5. The van der Waals surface area contributed by atoms with Gasteiger partial charge in [0.1, 0.15) is 6.04 Å². The Hall–Kier alpha value is -0.610. The van der Waals surface area contributed by atoms with Gasteiger partial charge in [0.05, 0.1) is 18.8 Å². The van der Waals surface area contributed by atoms with Crippen LogP contribution in [0.5, 0.6) is 0 Å². The van der Waals surface area contributed by atoms with E-state index in [0.29, 0.717) is 0 Å². The van der Waals surface area contributed by atoms with Crippen molar-refractivity contribution in [3.05, 3.63) is 0 Å². The average molecular weight is 189 g/mol. The molecule has 0 amide bonds. The van der Waals surface area contributed by atoms with Gasteiger partial charge in [-0.3, -0.25) is 4.79 Å². The lowest BCUT2D eigenvalue weighted by Crippen LogP contribution is -2.45. The minimum absolute atomic E-state index is 0.301. The summed E-state index contributed by atoms with van der Waals surface area (Å²) in [5, 5.41) is 0. The van der Waals surface area contributed by atoms with Crippen molar-refractivity contribution in [3.8, 4) is 0 Å². The predicted octanol–water partition coefficient (Wildman–Crippen LogP) is 0.690. The molecule has 0 aromatic heterocycles. The number of nitrogens with two attached hydrogens (primary N) is 1. The topological polar surface area (TPSA) is 61.5 Å². The van der Waals surface area contributed by atoms with Crippen molar-refractivity contribution in [1.82, 2.24) is 0 Å². The summed E-state index contributed by atoms with van der Waals surface area (Å²) in [4.78, 5) is 11.0. The van der Waals surface area contributed by atoms with Crippen molar-refractivity contribution in [3.63, 3.8) is 0 Å². The lowest BCUT2D eigenvalue weighted by Gasteiger charge is -2.27. The second-order valence-corrected chi connectivity index (χ2v) is 3.98. The van der Waals surface area contributed by atoms with E-state index in [1.165, 1.54) is 7.11 Å². The van der Waals surface area contributed by atoms with Crippen molar-refractivity contribution in [2.45, 2.75) is 45.4 Å². The summed E-state index contributed by atoms with van der Waals surface area (Å²) in [5.74, 6) is -0.447. The molecule has 2 atom stereocenters. The molecule has 0 aliphatic rings. The lowest BCUT2D eigenvalue weighted by atomic mass is 10.1. The van der Waals surface area contributed by atoms with Gasteiger partial charge in [0.25, 0.3) is 0 Å². The molecule has 0 rings (SSSR count). The van der Waals surface area contributed by atoms with Gasteiger partial charge in [-0.2, -0.15) is 0 Å². The van der Waals surface area contributed by atoms with Crippen molar-refractivity contribution < 1.29 is 14.3 Å². The first kappa shape index (κ1) is 12.4. The first-order chi connectivity index (χ1) is 5.78. The molecule has 0 spiro atoms. The van der Waals surface area contributed by atoms with Gasteiger partial charge in [-0.1, -0.05) is 0 Å². The van der Waals surface area contributed by atoms with Crippen LogP contribution < -0.4 is 5.73 Å². The molecule has 0 aliphatic carbocycles. The number of rotatable bonds is 3. The molecular formula is C9H19NO3. The zero-order valence-electron chi connectivity index (χ0n) is 8.96. The van der Waals surface area contributed by atoms with E-state index < -0.39 is 12.0 Å². The standard InChI is InChI=1S/C9H19NO3/c1-6(13-9(2,3)4)7(10)8(11)12-5/h6-7H,10H2,1-5H3/t6?,7-/m1/s1. The third-order valence-electron chi connectivity index (χ3n) is 1.52. The van der Waals surface area contributed by atoms with Crippen LogP contribution in [-0.2, 0) is 14.3 Å². The Morgan fingerprint density at radius 1 is 1.38 bits per heavy atom. The number of methoxy groups -OCH3 is 1. The molecule has 1 unspecified atom stereocenters. The van der Waals surface area contributed by atoms with Crippen LogP contribution in [-0.4, -0.2) is 30.8 Å². The van der Waals surface area contributed by atoms with Gasteiger partial charge in [-0.25, -0.2) is 0 Å². The Labute approximate surface area is 79.4 Å². The predicted molar refractivity (Wildman–Crippen MR) is 50.3 cm³/mol. The summed E-state index contributed by atoms with van der Waals surface area (Å²) in [6.07, 6.45) is -0.340. The van der Waals surface area contributed by atoms with E-state index in [-0.39, 0.29) is 11.7 Å². The molecule has 0 heterocycles. The molecule has 0 fully saturated rings. The van der Waals surface area contributed by atoms with Crippen molar-refractivity contribution in [2.24, 2.45) is 5.73 Å². The van der Waals surface area contributed by atoms with E-state index in [1.807, 2.05) is 20.8 Å². The Balaban J connectivity index is 4.11. The van der Waals surface area contributed by atoms with Gasteiger partial charge in [-0.15, -0.1) is 0 Å². The minimum atomic E-state index is -0.718. The molecular weight excluding hydrogens is 170 g/mol. The van der Waals surface area contributed by atoms with Gasteiger partial charge in [-0.05, 0) is 27.7 Å². The van der Waals surface area contributed by atoms with E-state index in [9.17, 15) is 4.79 Å². The summed E-state index contributed by atoms with van der Waals surface area (Å²) in [5.41, 5.74) is 5.28. The highest BCUT2D eigenvalue weighted by Gasteiger charge is 2.26. The Kier molecular flexibility index (Phi) is 4.36. The van der Waals surface area contributed by atoms with Gasteiger partial charge in [0.15, 0.2) is 0 Å². The zero-order valence-corrected chi connectivity index (χ0v) is 8.96. The molecule has 4 nitrogen and oxygen atoms in total. The number of carbonyl (C=O) groups excluding carboxylic acids is 1. The van der Waals surface area contributed by atoms with Gasteiger partial charge in [0, 0.05) is 0 Å². The quantitative estimate of drug-likeness (QED) is 0.663. The number of esters is 1. The van der Waals surface area contributed by atoms with Crippen molar-refractivity contribution in [2.75, 3.05) is 7.11 Å². The Morgan fingerprint density at radius 2 is 1.85 bits per heavy atom. The molecule has 0 saturated heterocycles. The van der Waals surface area contributed by atoms with Crippen LogP contribution in [0.2, 0.25) is 0 Å². The highest BCUT2D eigenvalue weighted by Crippen LogP contribution is 2.12. The lowest BCUT2D eigenvalue weighted by molar-refractivity contribution is -0.149. The number of carbonyl (C=O) groups is 1. The molecule has 4 heteroatoms. The molecule has 0 bridgehead atoms. The smallest absolute Gasteiger partial charge is 0.325 e. The first-order valence-electron chi connectivity index (χ1n) is 4.29. The first-order valence-corrected chi connectivity index (χ1v) is 4.29. The summed E-state index contributed by atoms with van der Waals surface area (Å²) >= 11 is 0. The molecule has 13 heavy (non-hydrogen) atoms. The molecule has 78 valence electrons. The molecule has 0 saturated carbocycles. The summed E-state index contributed by atoms with van der Waals surface area (Å²) in [6, 6.07) is -0.718. The fraction of sp³-hybridized carbons (Fsp3) is 0.889. The highest BCUT2D eigenvalue weighted by atomic mass is 16.5. The van der Waals surface area contributed by atoms with Gasteiger partial charge >= 0.3 is 5.97 Å². The van der Waals surface area contributed by atoms with E-state index in [2.05, 4.69) is 4.74 Å². The molecule has 0 radical (unpaired) electrons. The summed E-state index contributed by atoms with van der Waals surface area (Å²) < 4.78 is 10.0. The van der Waals surface area contributed by atoms with E-state index in [4.69, 9.17) is 10.5 Å². The maximum absolute atomic E-state index is 11.0. The Morgan fingerprint density at radius 3 is 2.15 bits per heavy atom. The van der Waals surface area contributed by atoms with Crippen LogP contribution in [0.1, 0.15) is 27.7 Å². The van der Waals surface area contributed by atoms with Crippen LogP contribution in [0.3, 0.4) is 0 Å². The minimum Gasteiger partial charge on any atom is -0.468 e. The summed E-state index contributed by atoms with van der Waals surface area (Å²) in [6.45, 7) is 7.49. The fourth-order valence-corrected chi connectivity index (χ4v) is 0.959. The average Bonchev–Trinajstić information content (AvgIpc) is 1.98. The van der Waals surface area contributed by atoms with Crippen LogP contribution >= 0.6 is 0 Å². The van der Waals surface area contributed by atoms with E-state index in [0.717, 1.165) is 0 Å². The van der Waals surface area contributed by atoms with Gasteiger partial charge < -0.3 is 15.2 Å². The molecule has 2 N–H and O–H groups in total. The van der Waals surface area contributed by atoms with Crippen molar-refractivity contribution in [1.29, 1.82) is 0 Å². The molecule has 0 aromatic carbocycles. The maximum Gasteiger partial charge on any atom is 0.325 e. The van der Waals surface area contributed by atoms with E-state index in [1.54, 1.807) is 6.92 Å². The van der Waals surface area contributed by atoms with E-state index >= 15 is 0 Å². The second kappa shape index (κ2) is 4.58. The van der Waals surface area contributed by atoms with Crippen molar-refractivity contribution >= 4 is 5.97 Å². The van der Waals surface area contributed by atoms with Gasteiger partial charge in [0.2, 0.25) is 0 Å². The second-order valence-electron chi connectivity index (χ2n) is 3.98. The maximum atomic E-state index is 11.0. The third-order valence-corrected chi connectivity index (χ3v) is 1.52. The zero-order chi connectivity index (χ0) is 10.6. The van der Waals surface area contributed by atoms with Crippen LogP contribution in [0.15, 0.2) is 0 Å². The Bertz CT molecular complexity index is 174. The largest absolute Gasteiger partial charge is 0.468 e. The van der Waals surface area contributed by atoms with Crippen LogP contribution in [0.4, 0.5) is 0 Å². The number of hydrogen-bond acceptors (Lipinski definition) is 4. The monoisotopic (exact) mass is 189 g/mol. The SMILES string of the molecule is COC(=O)[C@H](N)C(C)OC(C)(C)C. The third kappa shape index (κ3) is 4.85. The fourth-order valence-electron chi connectivity index (χ4n) is 0.959. The molecule has 0 aromatic rings. The van der Waals surface area contributed by atoms with Crippen LogP contribution in [0, 0.1) is 0 Å². The molecule has 0 aliphatic heterocycles. The number of hydrogen-bond donors (Lipinski definition) is 1. The highest BCUT2D eigenvalue weighted by molar-refractivity contribution is 5.75. The summed E-state index contributed by atoms with van der Waals surface area (Å²) in [7, 11) is 1.31.